The van der Waals surface area contributed by atoms with Crippen molar-refractivity contribution >= 4 is 5.91 Å². The molecule has 2 atom stereocenters. The van der Waals surface area contributed by atoms with Crippen LogP contribution in [0, 0.1) is 12.8 Å². The fourth-order valence-electron chi connectivity index (χ4n) is 3.57. The van der Waals surface area contributed by atoms with Crippen molar-refractivity contribution in [3.63, 3.8) is 0 Å². The number of β-amino-alcohol motifs (C(OH)–C–C–N with tert-alkyl or cyclic N) is 1. The Bertz CT molecular complexity index is 797. The fourth-order valence-corrected chi connectivity index (χ4v) is 3.57. The zero-order chi connectivity index (χ0) is 20.1. The Morgan fingerprint density at radius 2 is 2.21 bits per heavy atom. The van der Waals surface area contributed by atoms with E-state index in [1.54, 1.807) is 19.2 Å². The molecular weight excluding hydrogens is 354 g/mol. The van der Waals surface area contributed by atoms with Crippen molar-refractivity contribution in [3.05, 3.63) is 53.4 Å². The first-order valence-electron chi connectivity index (χ1n) is 9.85. The minimum absolute atomic E-state index is 0.250. The lowest BCUT2D eigenvalue weighted by molar-refractivity contribution is 0.0348. The van der Waals surface area contributed by atoms with E-state index in [0.29, 0.717) is 30.4 Å². The quantitative estimate of drug-likeness (QED) is 0.790. The summed E-state index contributed by atoms with van der Waals surface area (Å²) in [7, 11) is 0. The average molecular weight is 383 g/mol. The number of nitrogens with one attached hydrogen (secondary N) is 1. The van der Waals surface area contributed by atoms with Crippen molar-refractivity contribution in [3.8, 4) is 0 Å². The van der Waals surface area contributed by atoms with Gasteiger partial charge in [0.05, 0.1) is 12.1 Å². The molecular formula is C21H29N5O2. The largest absolute Gasteiger partial charge is 0.390 e. The number of aliphatic hydroxyl groups is 1. The van der Waals surface area contributed by atoms with E-state index < -0.39 is 6.10 Å². The lowest BCUT2D eigenvalue weighted by Crippen LogP contribution is -2.53. The number of amides is 1. The van der Waals surface area contributed by atoms with Crippen LogP contribution in [0.25, 0.3) is 0 Å². The topological polar surface area (TPSA) is 91.2 Å². The van der Waals surface area contributed by atoms with Crippen LogP contribution >= 0.6 is 0 Å². The van der Waals surface area contributed by atoms with Gasteiger partial charge in [0.25, 0.3) is 5.91 Å². The Balaban J connectivity index is 1.58. The molecule has 1 amide bonds. The molecule has 150 valence electrons. The molecule has 0 aliphatic carbocycles. The number of rotatable bonds is 6. The number of likely N-dealkylation sites (tertiary alicyclic amines) is 1. The minimum atomic E-state index is -0.618. The van der Waals surface area contributed by atoms with Gasteiger partial charge in [-0.25, -0.2) is 9.97 Å². The number of nitrogens with zero attached hydrogens (tertiary/aromatic N) is 4. The van der Waals surface area contributed by atoms with E-state index in [-0.39, 0.29) is 11.9 Å². The zero-order valence-electron chi connectivity index (χ0n) is 16.8. The van der Waals surface area contributed by atoms with Crippen LogP contribution in [0.4, 0.5) is 0 Å². The highest BCUT2D eigenvalue weighted by Crippen LogP contribution is 2.15. The molecule has 1 fully saturated rings. The second kappa shape index (κ2) is 9.21. The third-order valence-corrected chi connectivity index (χ3v) is 4.85. The number of pyridine rings is 1. The monoisotopic (exact) mass is 383 g/mol. The number of hydrogen-bond acceptors (Lipinski definition) is 6. The normalized spacial score (nSPS) is 20.3. The van der Waals surface area contributed by atoms with Crippen LogP contribution in [-0.4, -0.2) is 56.1 Å². The summed E-state index contributed by atoms with van der Waals surface area (Å²) in [5.74, 6) is 0.798. The maximum absolute atomic E-state index is 12.7. The van der Waals surface area contributed by atoms with Gasteiger partial charge in [0, 0.05) is 37.7 Å². The van der Waals surface area contributed by atoms with Gasteiger partial charge in [-0.15, -0.1) is 0 Å². The van der Waals surface area contributed by atoms with Crippen LogP contribution in [0.15, 0.2) is 30.6 Å². The minimum Gasteiger partial charge on any atom is -0.390 e. The highest BCUT2D eigenvalue weighted by Gasteiger charge is 2.29. The second-order valence-electron chi connectivity index (χ2n) is 7.92. The van der Waals surface area contributed by atoms with E-state index in [1.165, 1.54) is 0 Å². The first-order valence-corrected chi connectivity index (χ1v) is 9.85. The lowest BCUT2D eigenvalue weighted by Gasteiger charge is -2.36. The van der Waals surface area contributed by atoms with Crippen LogP contribution < -0.4 is 5.32 Å². The first-order chi connectivity index (χ1) is 13.4. The summed E-state index contributed by atoms with van der Waals surface area (Å²) >= 11 is 0. The molecule has 0 unspecified atom stereocenters. The molecule has 7 nitrogen and oxygen atoms in total. The predicted octanol–water partition coefficient (Wildman–Crippen LogP) is 1.74. The molecule has 0 spiro atoms. The maximum Gasteiger partial charge on any atom is 0.270 e. The number of aryl methyl sites for hydroxylation is 1. The number of carbonyl (C=O) groups excluding carboxylic acids is 1. The van der Waals surface area contributed by atoms with E-state index in [4.69, 9.17) is 0 Å². The molecule has 0 aromatic carbocycles. The fraction of sp³-hybridized carbons (Fsp3) is 0.524. The Hall–Kier alpha value is -2.38. The molecule has 0 radical (unpaired) electrons. The molecule has 3 heterocycles. The summed E-state index contributed by atoms with van der Waals surface area (Å²) in [5.41, 5.74) is 2.36. The lowest BCUT2D eigenvalue weighted by atomic mass is 10.0. The summed E-state index contributed by atoms with van der Waals surface area (Å²) in [6, 6.07) is 5.42. The van der Waals surface area contributed by atoms with Crippen LogP contribution in [0.5, 0.6) is 0 Å². The van der Waals surface area contributed by atoms with Gasteiger partial charge in [-0.2, -0.15) is 0 Å². The van der Waals surface area contributed by atoms with Crippen LogP contribution in [-0.2, 0) is 13.0 Å². The Morgan fingerprint density at radius 1 is 1.39 bits per heavy atom. The number of piperidine rings is 1. The number of aromatic nitrogens is 3. The van der Waals surface area contributed by atoms with Gasteiger partial charge >= 0.3 is 0 Å². The Labute approximate surface area is 166 Å². The average Bonchev–Trinajstić information content (AvgIpc) is 2.63. The first kappa shape index (κ1) is 20.4. The summed E-state index contributed by atoms with van der Waals surface area (Å²) in [4.78, 5) is 27.7. The van der Waals surface area contributed by atoms with Crippen LogP contribution in [0.1, 0.15) is 47.8 Å². The van der Waals surface area contributed by atoms with Crippen molar-refractivity contribution in [1.29, 1.82) is 0 Å². The number of carbonyl (C=O) groups is 1. The van der Waals surface area contributed by atoms with Gasteiger partial charge in [-0.1, -0.05) is 19.9 Å². The molecule has 0 bridgehead atoms. The summed E-state index contributed by atoms with van der Waals surface area (Å²) < 4.78 is 0. The molecule has 1 saturated heterocycles. The van der Waals surface area contributed by atoms with Crippen molar-refractivity contribution in [1.82, 2.24) is 25.2 Å². The molecule has 1 aliphatic heterocycles. The van der Waals surface area contributed by atoms with E-state index in [2.05, 4.69) is 39.0 Å². The second-order valence-corrected chi connectivity index (χ2v) is 7.92. The van der Waals surface area contributed by atoms with Crippen molar-refractivity contribution in [2.75, 3.05) is 13.1 Å². The van der Waals surface area contributed by atoms with Crippen molar-refractivity contribution in [2.45, 2.75) is 52.3 Å². The third kappa shape index (κ3) is 5.56. The summed E-state index contributed by atoms with van der Waals surface area (Å²) in [6.45, 7) is 8.10. The van der Waals surface area contributed by atoms with E-state index in [0.717, 1.165) is 30.8 Å². The molecule has 2 N–H and O–H groups in total. The standard InChI is InChI=1S/C21H29N5O2/c1-14(2)9-17-10-19(24-15(3)23-17)21(28)25-18-6-8-26(13-20(18)27)12-16-5-4-7-22-11-16/h4-5,7,10-11,14,18,20,27H,6,8-9,12-13H2,1-3H3,(H,25,28)/t18-,20-/m0/s1. The molecule has 3 rings (SSSR count). The van der Waals surface area contributed by atoms with Gasteiger partial charge in [-0.3, -0.25) is 14.7 Å². The number of aliphatic hydroxyl groups excluding tert-OH is 1. The predicted molar refractivity (Wildman–Crippen MR) is 107 cm³/mol. The van der Waals surface area contributed by atoms with Gasteiger partial charge in [0.15, 0.2) is 0 Å². The van der Waals surface area contributed by atoms with E-state index >= 15 is 0 Å². The van der Waals surface area contributed by atoms with Gasteiger partial charge in [0.1, 0.15) is 11.5 Å². The van der Waals surface area contributed by atoms with Crippen LogP contribution in [0.3, 0.4) is 0 Å². The molecule has 2 aromatic heterocycles. The molecule has 28 heavy (non-hydrogen) atoms. The van der Waals surface area contributed by atoms with E-state index in [1.807, 2.05) is 18.3 Å². The zero-order valence-corrected chi connectivity index (χ0v) is 16.8. The Kier molecular flexibility index (Phi) is 6.70. The maximum atomic E-state index is 12.7. The van der Waals surface area contributed by atoms with Gasteiger partial charge < -0.3 is 10.4 Å². The molecule has 0 saturated carbocycles. The third-order valence-electron chi connectivity index (χ3n) is 4.85. The SMILES string of the molecule is Cc1nc(CC(C)C)cc(C(=O)N[C@H]2CCN(Cc3cccnc3)C[C@@H]2O)n1. The highest BCUT2D eigenvalue weighted by atomic mass is 16.3. The molecule has 2 aromatic rings. The van der Waals surface area contributed by atoms with Crippen molar-refractivity contribution in [2.24, 2.45) is 5.92 Å². The summed E-state index contributed by atoms with van der Waals surface area (Å²) in [5, 5.41) is 13.5. The number of hydrogen-bond donors (Lipinski definition) is 2. The van der Waals surface area contributed by atoms with Crippen LogP contribution in [0.2, 0.25) is 0 Å². The highest BCUT2D eigenvalue weighted by molar-refractivity contribution is 5.92. The Morgan fingerprint density at radius 3 is 2.89 bits per heavy atom. The summed E-state index contributed by atoms with van der Waals surface area (Å²) in [6.07, 6.45) is 4.47. The molecule has 1 aliphatic rings. The molecule has 7 heteroatoms. The van der Waals surface area contributed by atoms with E-state index in [9.17, 15) is 9.90 Å². The van der Waals surface area contributed by atoms with Gasteiger partial charge in [0.2, 0.25) is 0 Å². The van der Waals surface area contributed by atoms with Gasteiger partial charge in [-0.05, 0) is 43.4 Å². The van der Waals surface area contributed by atoms with Crippen molar-refractivity contribution < 1.29 is 9.90 Å². The smallest absolute Gasteiger partial charge is 0.270 e.